The Balaban J connectivity index is 1.33. The van der Waals surface area contributed by atoms with Crippen LogP contribution in [-0.2, 0) is 19.6 Å². The maximum Gasteiger partial charge on any atom is 0.120 e. The summed E-state index contributed by atoms with van der Waals surface area (Å²) in [5, 5.41) is 19.8. The van der Waals surface area contributed by atoms with Gasteiger partial charge in [-0.1, -0.05) is 54.6 Å². The Bertz CT molecular complexity index is 956. The van der Waals surface area contributed by atoms with Gasteiger partial charge in [-0.2, -0.15) is 0 Å². The Morgan fingerprint density at radius 2 is 1.66 bits per heavy atom. The molecule has 0 aliphatic carbocycles. The lowest BCUT2D eigenvalue weighted by Gasteiger charge is -2.30. The molecule has 1 atom stereocenters. The number of nitrogens with zero attached hydrogens (tertiary/aromatic N) is 1. The molecule has 1 aliphatic heterocycles. The molecule has 1 unspecified atom stereocenters. The number of rotatable bonds is 7. The standard InChI is InChI=1S/C25H27NO3/c27-17-19-5-3-8-21(13-19)22-9-4-10-25(14-22)29-18-24(28)16-26-12-11-20-6-1-2-7-23(20)15-26/h1-10,13-14,24,27-28H,11-12,15-18H2. The number of aliphatic hydroxyl groups is 2. The Morgan fingerprint density at radius 1 is 0.897 bits per heavy atom. The first-order valence-corrected chi connectivity index (χ1v) is 10.1. The number of hydrogen-bond donors (Lipinski definition) is 2. The molecule has 0 bridgehead atoms. The van der Waals surface area contributed by atoms with Crippen LogP contribution in [0.2, 0.25) is 0 Å². The van der Waals surface area contributed by atoms with E-state index in [1.807, 2.05) is 48.5 Å². The molecule has 0 saturated heterocycles. The number of β-amino-alcohol motifs (C(OH)–C–C–N with tert-alkyl or cyclic N) is 1. The van der Waals surface area contributed by atoms with E-state index in [4.69, 9.17) is 4.74 Å². The van der Waals surface area contributed by atoms with Crippen molar-refractivity contribution in [2.24, 2.45) is 0 Å². The van der Waals surface area contributed by atoms with E-state index < -0.39 is 6.10 Å². The number of aliphatic hydroxyl groups excluding tert-OH is 2. The highest BCUT2D eigenvalue weighted by Gasteiger charge is 2.18. The summed E-state index contributed by atoms with van der Waals surface area (Å²) in [5.41, 5.74) is 5.71. The highest BCUT2D eigenvalue weighted by molar-refractivity contribution is 5.65. The van der Waals surface area contributed by atoms with E-state index in [9.17, 15) is 10.2 Å². The second-order valence-corrected chi connectivity index (χ2v) is 7.60. The average molecular weight is 389 g/mol. The molecule has 4 heteroatoms. The normalized spacial score (nSPS) is 15.0. The predicted octanol–water partition coefficient (Wildman–Crippen LogP) is 3.64. The van der Waals surface area contributed by atoms with Gasteiger partial charge in [0.1, 0.15) is 18.5 Å². The molecule has 1 aliphatic rings. The summed E-state index contributed by atoms with van der Waals surface area (Å²) in [7, 11) is 0. The quantitative estimate of drug-likeness (QED) is 0.648. The molecule has 0 aromatic heterocycles. The molecule has 29 heavy (non-hydrogen) atoms. The molecule has 4 nitrogen and oxygen atoms in total. The second kappa shape index (κ2) is 9.23. The highest BCUT2D eigenvalue weighted by Crippen LogP contribution is 2.25. The third-order valence-corrected chi connectivity index (χ3v) is 5.40. The number of benzene rings is 3. The second-order valence-electron chi connectivity index (χ2n) is 7.60. The van der Waals surface area contributed by atoms with Crippen LogP contribution >= 0.6 is 0 Å². The Labute approximate surface area is 172 Å². The molecular weight excluding hydrogens is 362 g/mol. The fourth-order valence-electron chi connectivity index (χ4n) is 3.87. The summed E-state index contributed by atoms with van der Waals surface area (Å²) in [4.78, 5) is 2.28. The molecule has 0 radical (unpaired) electrons. The Hall–Kier alpha value is -2.66. The largest absolute Gasteiger partial charge is 0.491 e. The van der Waals surface area contributed by atoms with Gasteiger partial charge in [-0.25, -0.2) is 0 Å². The molecule has 0 fully saturated rings. The van der Waals surface area contributed by atoms with Crippen molar-refractivity contribution in [3.8, 4) is 16.9 Å². The van der Waals surface area contributed by atoms with E-state index in [1.54, 1.807) is 0 Å². The smallest absolute Gasteiger partial charge is 0.120 e. The fraction of sp³-hybridized carbons (Fsp3) is 0.280. The van der Waals surface area contributed by atoms with Gasteiger partial charge in [0, 0.05) is 19.6 Å². The van der Waals surface area contributed by atoms with Crippen LogP contribution in [0.25, 0.3) is 11.1 Å². The van der Waals surface area contributed by atoms with Crippen molar-refractivity contribution in [1.29, 1.82) is 0 Å². The lowest BCUT2D eigenvalue weighted by Crippen LogP contribution is -2.38. The lowest BCUT2D eigenvalue weighted by molar-refractivity contribution is 0.0638. The zero-order valence-corrected chi connectivity index (χ0v) is 16.5. The maximum atomic E-state index is 10.5. The molecule has 0 saturated carbocycles. The third kappa shape index (κ3) is 5.04. The predicted molar refractivity (Wildman–Crippen MR) is 115 cm³/mol. The van der Waals surface area contributed by atoms with Crippen LogP contribution in [-0.4, -0.2) is 40.9 Å². The monoisotopic (exact) mass is 389 g/mol. The summed E-state index contributed by atoms with van der Waals surface area (Å²) in [6.45, 7) is 2.73. The van der Waals surface area contributed by atoms with Gasteiger partial charge < -0.3 is 14.9 Å². The third-order valence-electron chi connectivity index (χ3n) is 5.40. The van der Waals surface area contributed by atoms with Gasteiger partial charge in [0.15, 0.2) is 0 Å². The summed E-state index contributed by atoms with van der Waals surface area (Å²) in [5.74, 6) is 0.736. The zero-order chi connectivity index (χ0) is 20.1. The van der Waals surface area contributed by atoms with Crippen LogP contribution in [0.4, 0.5) is 0 Å². The first kappa shape index (κ1) is 19.6. The molecule has 0 spiro atoms. The molecule has 2 N–H and O–H groups in total. The van der Waals surface area contributed by atoms with E-state index >= 15 is 0 Å². The van der Waals surface area contributed by atoms with Crippen molar-refractivity contribution in [3.63, 3.8) is 0 Å². The van der Waals surface area contributed by atoms with Crippen molar-refractivity contribution >= 4 is 0 Å². The minimum absolute atomic E-state index is 0.0250. The molecule has 3 aromatic rings. The van der Waals surface area contributed by atoms with Crippen molar-refractivity contribution in [1.82, 2.24) is 4.90 Å². The average Bonchev–Trinajstić information content (AvgIpc) is 2.78. The molecule has 0 amide bonds. The van der Waals surface area contributed by atoms with Crippen LogP contribution in [0.3, 0.4) is 0 Å². The van der Waals surface area contributed by atoms with Gasteiger partial charge in [-0.15, -0.1) is 0 Å². The van der Waals surface area contributed by atoms with Crippen molar-refractivity contribution in [3.05, 3.63) is 89.5 Å². The Morgan fingerprint density at radius 3 is 2.48 bits per heavy atom. The van der Waals surface area contributed by atoms with E-state index in [2.05, 4.69) is 29.2 Å². The molecule has 3 aromatic carbocycles. The lowest BCUT2D eigenvalue weighted by atomic mass is 10.00. The van der Waals surface area contributed by atoms with E-state index in [0.29, 0.717) is 6.54 Å². The van der Waals surface area contributed by atoms with Gasteiger partial charge in [-0.05, 0) is 52.4 Å². The number of hydrogen-bond acceptors (Lipinski definition) is 4. The van der Waals surface area contributed by atoms with Crippen LogP contribution in [0.5, 0.6) is 5.75 Å². The molecule has 150 valence electrons. The van der Waals surface area contributed by atoms with E-state index in [-0.39, 0.29) is 13.2 Å². The topological polar surface area (TPSA) is 52.9 Å². The molecule has 4 rings (SSSR count). The van der Waals surface area contributed by atoms with E-state index in [0.717, 1.165) is 42.0 Å². The van der Waals surface area contributed by atoms with Gasteiger partial charge in [0.05, 0.1) is 6.61 Å². The summed E-state index contributed by atoms with van der Waals surface area (Å²) >= 11 is 0. The first-order chi connectivity index (χ1) is 14.2. The maximum absolute atomic E-state index is 10.5. The van der Waals surface area contributed by atoms with Gasteiger partial charge in [0.25, 0.3) is 0 Å². The summed E-state index contributed by atoms with van der Waals surface area (Å²) in [6.07, 6.45) is 0.486. The van der Waals surface area contributed by atoms with Crippen LogP contribution in [0, 0.1) is 0 Å². The Kier molecular flexibility index (Phi) is 6.25. The minimum Gasteiger partial charge on any atom is -0.491 e. The van der Waals surface area contributed by atoms with Crippen molar-refractivity contribution < 1.29 is 14.9 Å². The van der Waals surface area contributed by atoms with Crippen molar-refractivity contribution in [2.75, 3.05) is 19.7 Å². The van der Waals surface area contributed by atoms with Crippen LogP contribution < -0.4 is 4.74 Å². The van der Waals surface area contributed by atoms with Crippen LogP contribution in [0.1, 0.15) is 16.7 Å². The highest BCUT2D eigenvalue weighted by atomic mass is 16.5. The van der Waals surface area contributed by atoms with Gasteiger partial charge >= 0.3 is 0 Å². The van der Waals surface area contributed by atoms with E-state index in [1.165, 1.54) is 11.1 Å². The van der Waals surface area contributed by atoms with Gasteiger partial charge in [-0.3, -0.25) is 4.90 Å². The van der Waals surface area contributed by atoms with Crippen LogP contribution in [0.15, 0.2) is 72.8 Å². The number of fused-ring (bicyclic) bond motifs is 1. The summed E-state index contributed by atoms with van der Waals surface area (Å²) in [6, 6.07) is 24.2. The first-order valence-electron chi connectivity index (χ1n) is 10.1. The van der Waals surface area contributed by atoms with Crippen molar-refractivity contribution in [2.45, 2.75) is 25.7 Å². The SMILES string of the molecule is OCc1cccc(-c2cccc(OCC(O)CN3CCc4ccccc4C3)c2)c1. The minimum atomic E-state index is -0.540. The number of ether oxygens (including phenoxy) is 1. The van der Waals surface area contributed by atoms with Gasteiger partial charge in [0.2, 0.25) is 0 Å². The molecule has 1 heterocycles. The summed E-state index contributed by atoms with van der Waals surface area (Å²) < 4.78 is 5.87. The zero-order valence-electron chi connectivity index (χ0n) is 16.5. The fourth-order valence-corrected chi connectivity index (χ4v) is 3.87. The molecular formula is C25H27NO3.